The summed E-state index contributed by atoms with van der Waals surface area (Å²) in [7, 11) is 0. The summed E-state index contributed by atoms with van der Waals surface area (Å²) in [5.41, 5.74) is 0.284. The smallest absolute Gasteiger partial charge is 0.266 e. The number of carbonyl (C=O) groups is 2. The molecule has 0 unspecified atom stereocenters. The number of hydrogen-bond donors (Lipinski definition) is 2. The van der Waals surface area contributed by atoms with Crippen LogP contribution in [0.15, 0.2) is 39.7 Å². The Morgan fingerprint density at radius 1 is 1.40 bits per heavy atom. The number of furan rings is 1. The van der Waals surface area contributed by atoms with Crippen molar-refractivity contribution in [1.29, 1.82) is 0 Å². The van der Waals surface area contributed by atoms with E-state index < -0.39 is 6.04 Å². The molecule has 1 aliphatic heterocycles. The molecule has 2 aromatic heterocycles. The molecule has 0 saturated carbocycles. The van der Waals surface area contributed by atoms with Gasteiger partial charge in [-0.2, -0.15) is 16.9 Å². The highest BCUT2D eigenvalue weighted by Gasteiger charge is 2.23. The lowest BCUT2D eigenvalue weighted by Gasteiger charge is -2.15. The molecule has 2 aromatic rings. The van der Waals surface area contributed by atoms with Crippen LogP contribution in [0.2, 0.25) is 0 Å². The van der Waals surface area contributed by atoms with Gasteiger partial charge in [-0.05, 0) is 18.2 Å². The van der Waals surface area contributed by atoms with E-state index in [4.69, 9.17) is 4.42 Å². The summed E-state index contributed by atoms with van der Waals surface area (Å²) in [5.74, 6) is 1.46. The van der Waals surface area contributed by atoms with Crippen molar-refractivity contribution >= 4 is 23.6 Å². The molecule has 1 aliphatic rings. The van der Waals surface area contributed by atoms with E-state index in [0.29, 0.717) is 29.4 Å². The maximum Gasteiger partial charge on any atom is 0.266 e. The minimum Gasteiger partial charge on any atom is -0.463 e. The second kappa shape index (κ2) is 8.02. The largest absolute Gasteiger partial charge is 0.463 e. The van der Waals surface area contributed by atoms with Crippen molar-refractivity contribution in [2.75, 3.05) is 18.1 Å². The number of nitrogens with one attached hydrogen (secondary N) is 2. The van der Waals surface area contributed by atoms with E-state index in [1.54, 1.807) is 30.0 Å². The summed E-state index contributed by atoms with van der Waals surface area (Å²) in [4.78, 5) is 35.6. The van der Waals surface area contributed by atoms with Crippen LogP contribution in [0.3, 0.4) is 0 Å². The number of aromatic nitrogens is 2. The molecule has 3 rings (SSSR count). The van der Waals surface area contributed by atoms with Gasteiger partial charge in [-0.1, -0.05) is 0 Å². The van der Waals surface area contributed by atoms with Crippen LogP contribution < -0.4 is 16.2 Å². The topological polar surface area (TPSA) is 106 Å². The van der Waals surface area contributed by atoms with E-state index in [2.05, 4.69) is 15.7 Å². The summed E-state index contributed by atoms with van der Waals surface area (Å²) in [5, 5.41) is 9.67. The van der Waals surface area contributed by atoms with Gasteiger partial charge < -0.3 is 15.1 Å². The Labute approximate surface area is 148 Å². The van der Waals surface area contributed by atoms with Gasteiger partial charge >= 0.3 is 0 Å². The van der Waals surface area contributed by atoms with Gasteiger partial charge in [0.15, 0.2) is 5.76 Å². The lowest BCUT2D eigenvalue weighted by atomic mass is 10.3. The third-order valence-electron chi connectivity index (χ3n) is 3.67. The van der Waals surface area contributed by atoms with Crippen LogP contribution in [0.1, 0.15) is 6.42 Å². The average molecular weight is 362 g/mol. The highest BCUT2D eigenvalue weighted by molar-refractivity contribution is 7.99. The zero-order chi connectivity index (χ0) is 17.6. The monoisotopic (exact) mass is 362 g/mol. The fourth-order valence-electron chi connectivity index (χ4n) is 2.39. The van der Waals surface area contributed by atoms with Crippen molar-refractivity contribution in [2.24, 2.45) is 0 Å². The molecular formula is C16H18N4O4S. The third kappa shape index (κ3) is 4.50. The second-order valence-corrected chi connectivity index (χ2v) is 6.64. The molecule has 0 aromatic carbocycles. The van der Waals surface area contributed by atoms with Crippen molar-refractivity contribution in [3.63, 3.8) is 0 Å². The standard InChI is InChI=1S/C16H18N4O4S/c21-14-5-9-25-10-12(18-14)16(23)17-6-7-20-15(22)4-3-11(19-20)13-2-1-8-24-13/h1-4,8,12H,5-7,9-10H2,(H,17,23)(H,18,21)/t12-/m1/s1. The van der Waals surface area contributed by atoms with Gasteiger partial charge in [0.2, 0.25) is 11.8 Å². The third-order valence-corrected chi connectivity index (χ3v) is 4.73. The Balaban J connectivity index is 1.58. The number of rotatable bonds is 5. The Hall–Kier alpha value is -2.55. The lowest BCUT2D eigenvalue weighted by Crippen LogP contribution is -2.48. The molecule has 8 nitrogen and oxygen atoms in total. The maximum atomic E-state index is 12.2. The van der Waals surface area contributed by atoms with E-state index in [9.17, 15) is 14.4 Å². The van der Waals surface area contributed by atoms with Crippen LogP contribution in [-0.4, -0.2) is 45.7 Å². The lowest BCUT2D eigenvalue weighted by molar-refractivity contribution is -0.128. The van der Waals surface area contributed by atoms with Crippen LogP contribution >= 0.6 is 11.8 Å². The van der Waals surface area contributed by atoms with Gasteiger partial charge in [-0.25, -0.2) is 4.68 Å². The first kappa shape index (κ1) is 17.3. The van der Waals surface area contributed by atoms with Crippen molar-refractivity contribution in [2.45, 2.75) is 19.0 Å². The van der Waals surface area contributed by atoms with E-state index in [0.717, 1.165) is 0 Å². The summed E-state index contributed by atoms with van der Waals surface area (Å²) < 4.78 is 6.54. The average Bonchev–Trinajstić information content (AvgIpc) is 3.05. The van der Waals surface area contributed by atoms with Crippen LogP contribution in [0.25, 0.3) is 11.5 Å². The molecule has 2 N–H and O–H groups in total. The van der Waals surface area contributed by atoms with Gasteiger partial charge in [0.25, 0.3) is 5.56 Å². The predicted molar refractivity (Wildman–Crippen MR) is 93.1 cm³/mol. The highest BCUT2D eigenvalue weighted by Crippen LogP contribution is 2.15. The number of hydrogen-bond acceptors (Lipinski definition) is 6. The van der Waals surface area contributed by atoms with Crippen molar-refractivity contribution < 1.29 is 14.0 Å². The van der Waals surface area contributed by atoms with Gasteiger partial charge in [0.05, 0.1) is 12.8 Å². The van der Waals surface area contributed by atoms with Crippen LogP contribution in [0.5, 0.6) is 0 Å². The minimum atomic E-state index is -0.542. The van der Waals surface area contributed by atoms with E-state index in [-0.39, 0.29) is 30.5 Å². The van der Waals surface area contributed by atoms with Gasteiger partial charge in [-0.3, -0.25) is 14.4 Å². The van der Waals surface area contributed by atoms with E-state index in [1.807, 2.05) is 0 Å². The molecule has 1 fully saturated rings. The number of amides is 2. The normalized spacial score (nSPS) is 17.6. The van der Waals surface area contributed by atoms with Gasteiger partial charge in [0.1, 0.15) is 11.7 Å². The molecular weight excluding hydrogens is 344 g/mol. The van der Waals surface area contributed by atoms with E-state index in [1.165, 1.54) is 17.0 Å². The quantitative estimate of drug-likeness (QED) is 0.789. The molecule has 1 saturated heterocycles. The molecule has 132 valence electrons. The van der Waals surface area contributed by atoms with Crippen molar-refractivity contribution in [3.8, 4) is 11.5 Å². The zero-order valence-corrected chi connectivity index (χ0v) is 14.3. The fraction of sp³-hybridized carbons (Fsp3) is 0.375. The van der Waals surface area contributed by atoms with Gasteiger partial charge in [0, 0.05) is 30.5 Å². The predicted octanol–water partition coefficient (Wildman–Crippen LogP) is 0.241. The SMILES string of the molecule is O=C1CCSC[C@H](C(=O)NCCn2nc(-c3ccco3)ccc2=O)N1. The number of nitrogens with zero attached hydrogens (tertiary/aromatic N) is 2. The second-order valence-electron chi connectivity index (χ2n) is 5.49. The Morgan fingerprint density at radius 2 is 2.28 bits per heavy atom. The summed E-state index contributed by atoms with van der Waals surface area (Å²) >= 11 is 1.57. The number of carbonyl (C=O) groups excluding carboxylic acids is 2. The summed E-state index contributed by atoms with van der Waals surface area (Å²) in [6, 6.07) is 5.96. The first-order chi connectivity index (χ1) is 12.1. The molecule has 1 atom stereocenters. The van der Waals surface area contributed by atoms with E-state index >= 15 is 0 Å². The molecule has 2 amide bonds. The Kier molecular flexibility index (Phi) is 5.54. The first-order valence-corrected chi connectivity index (χ1v) is 9.06. The first-order valence-electron chi connectivity index (χ1n) is 7.90. The molecule has 9 heteroatoms. The molecule has 0 spiro atoms. The number of thioether (sulfide) groups is 1. The maximum absolute atomic E-state index is 12.2. The summed E-state index contributed by atoms with van der Waals surface area (Å²) in [6.07, 6.45) is 1.96. The van der Waals surface area contributed by atoms with Crippen LogP contribution in [0.4, 0.5) is 0 Å². The minimum absolute atomic E-state index is 0.116. The Morgan fingerprint density at radius 3 is 3.08 bits per heavy atom. The summed E-state index contributed by atoms with van der Waals surface area (Å²) in [6.45, 7) is 0.470. The fourth-order valence-corrected chi connectivity index (χ4v) is 3.36. The van der Waals surface area contributed by atoms with Gasteiger partial charge in [-0.15, -0.1) is 0 Å². The molecule has 3 heterocycles. The highest BCUT2D eigenvalue weighted by atomic mass is 32.2. The van der Waals surface area contributed by atoms with Crippen molar-refractivity contribution in [1.82, 2.24) is 20.4 Å². The molecule has 0 radical (unpaired) electrons. The molecule has 0 aliphatic carbocycles. The molecule has 25 heavy (non-hydrogen) atoms. The molecule has 0 bridgehead atoms. The van der Waals surface area contributed by atoms with Crippen LogP contribution in [-0.2, 0) is 16.1 Å². The Bertz CT molecular complexity index is 803. The van der Waals surface area contributed by atoms with Crippen molar-refractivity contribution in [3.05, 3.63) is 40.9 Å². The van der Waals surface area contributed by atoms with Crippen LogP contribution in [0, 0.1) is 0 Å². The zero-order valence-electron chi connectivity index (χ0n) is 13.4.